The van der Waals surface area contributed by atoms with Gasteiger partial charge in [-0.25, -0.2) is 4.98 Å². The van der Waals surface area contributed by atoms with Crippen molar-refractivity contribution in [2.24, 2.45) is 0 Å². The number of nitrogens with zero attached hydrogens (tertiary/aromatic N) is 2. The van der Waals surface area contributed by atoms with Gasteiger partial charge in [0.1, 0.15) is 5.82 Å². The van der Waals surface area contributed by atoms with Crippen LogP contribution in [0, 0.1) is 0 Å². The molecule has 2 rings (SSSR count). The summed E-state index contributed by atoms with van der Waals surface area (Å²) in [6.45, 7) is 2.85. The Hall–Kier alpha value is -1.10. The predicted molar refractivity (Wildman–Crippen MR) is 92.8 cm³/mol. The molecule has 0 saturated carbocycles. The highest BCUT2D eigenvalue weighted by atomic mass is 79.9. The molecule has 1 aromatic heterocycles. The third-order valence-electron chi connectivity index (χ3n) is 3.11. The normalized spacial score (nSPS) is 10.9. The second kappa shape index (κ2) is 8.37. The highest BCUT2D eigenvalue weighted by Gasteiger charge is 2.03. The van der Waals surface area contributed by atoms with Crippen LogP contribution in [0.1, 0.15) is 12.0 Å². The Bertz CT molecular complexity index is 563. The quantitative estimate of drug-likeness (QED) is 0.733. The number of hydrogen-bond donors (Lipinski definition) is 1. The number of rotatable bonds is 7. The fraction of sp³-hybridized carbons (Fsp3) is 0.312. The van der Waals surface area contributed by atoms with Crippen LogP contribution in [0.5, 0.6) is 0 Å². The van der Waals surface area contributed by atoms with Crippen molar-refractivity contribution >= 4 is 33.3 Å². The Morgan fingerprint density at radius 3 is 2.76 bits per heavy atom. The van der Waals surface area contributed by atoms with Gasteiger partial charge in [0.2, 0.25) is 0 Å². The van der Waals surface area contributed by atoms with Crippen LogP contribution in [0.4, 0.5) is 5.82 Å². The first-order valence-electron chi connectivity index (χ1n) is 6.92. The van der Waals surface area contributed by atoms with Crippen molar-refractivity contribution in [3.05, 3.63) is 57.7 Å². The van der Waals surface area contributed by atoms with Crippen molar-refractivity contribution in [1.82, 2.24) is 9.88 Å². The smallest absolute Gasteiger partial charge is 0.144 e. The molecule has 0 saturated heterocycles. The van der Waals surface area contributed by atoms with Gasteiger partial charge in [0.05, 0.1) is 5.02 Å². The van der Waals surface area contributed by atoms with Gasteiger partial charge in [-0.3, -0.25) is 0 Å². The minimum Gasteiger partial charge on any atom is -0.369 e. The van der Waals surface area contributed by atoms with E-state index < -0.39 is 0 Å². The van der Waals surface area contributed by atoms with E-state index in [-0.39, 0.29) is 0 Å². The molecule has 1 heterocycles. The molecule has 1 N–H and O–H groups in total. The van der Waals surface area contributed by atoms with E-state index in [2.05, 4.69) is 62.4 Å². The maximum absolute atomic E-state index is 6.11. The molecule has 0 spiro atoms. The molecule has 21 heavy (non-hydrogen) atoms. The molecule has 0 aliphatic rings. The molecule has 0 atom stereocenters. The van der Waals surface area contributed by atoms with Crippen LogP contribution in [-0.2, 0) is 6.54 Å². The third-order valence-corrected chi connectivity index (χ3v) is 3.83. The van der Waals surface area contributed by atoms with Gasteiger partial charge in [-0.2, -0.15) is 0 Å². The molecular formula is C16H19BrClN3. The Balaban J connectivity index is 1.69. The summed E-state index contributed by atoms with van der Waals surface area (Å²) in [6, 6.07) is 12.3. The molecule has 0 bridgehead atoms. The third kappa shape index (κ3) is 5.65. The van der Waals surface area contributed by atoms with Crippen LogP contribution in [-0.4, -0.2) is 30.0 Å². The van der Waals surface area contributed by atoms with Crippen molar-refractivity contribution in [3.8, 4) is 0 Å². The Morgan fingerprint density at radius 2 is 2.05 bits per heavy atom. The van der Waals surface area contributed by atoms with E-state index in [1.54, 1.807) is 6.20 Å². The van der Waals surface area contributed by atoms with Crippen LogP contribution in [0.2, 0.25) is 5.02 Å². The molecule has 0 aliphatic heterocycles. The van der Waals surface area contributed by atoms with Gasteiger partial charge in [-0.05, 0) is 47.6 Å². The zero-order valence-corrected chi connectivity index (χ0v) is 14.4. The zero-order chi connectivity index (χ0) is 15.1. The summed E-state index contributed by atoms with van der Waals surface area (Å²) in [5.74, 6) is 0.741. The molecule has 112 valence electrons. The minimum atomic E-state index is 0.641. The lowest BCUT2D eigenvalue weighted by atomic mass is 10.2. The fourth-order valence-electron chi connectivity index (χ4n) is 2.07. The molecule has 0 unspecified atom stereocenters. The van der Waals surface area contributed by atoms with Crippen LogP contribution in [0.25, 0.3) is 0 Å². The molecule has 2 aromatic rings. The first-order valence-corrected chi connectivity index (χ1v) is 8.09. The Morgan fingerprint density at radius 1 is 1.29 bits per heavy atom. The molecule has 0 fully saturated rings. The van der Waals surface area contributed by atoms with Crippen molar-refractivity contribution in [2.45, 2.75) is 13.0 Å². The first-order chi connectivity index (χ1) is 10.1. The fourth-order valence-corrected chi connectivity index (χ4v) is 2.77. The average Bonchev–Trinajstić information content (AvgIpc) is 2.46. The SMILES string of the molecule is CN(CCCNc1ncc(Br)cc1Cl)Cc1ccccc1. The number of anilines is 1. The van der Waals surface area contributed by atoms with Crippen LogP contribution >= 0.6 is 27.5 Å². The van der Waals surface area contributed by atoms with Crippen molar-refractivity contribution in [2.75, 3.05) is 25.5 Å². The largest absolute Gasteiger partial charge is 0.369 e. The predicted octanol–water partition coefficient (Wildman–Crippen LogP) is 4.43. The molecule has 1 aromatic carbocycles. The molecule has 0 aliphatic carbocycles. The Labute approximate surface area is 139 Å². The average molecular weight is 369 g/mol. The highest BCUT2D eigenvalue weighted by Crippen LogP contribution is 2.22. The van der Waals surface area contributed by atoms with Gasteiger partial charge < -0.3 is 10.2 Å². The van der Waals surface area contributed by atoms with E-state index in [0.29, 0.717) is 5.02 Å². The van der Waals surface area contributed by atoms with Crippen molar-refractivity contribution in [1.29, 1.82) is 0 Å². The molecule has 5 heteroatoms. The topological polar surface area (TPSA) is 28.2 Å². The summed E-state index contributed by atoms with van der Waals surface area (Å²) in [7, 11) is 2.14. The number of benzene rings is 1. The molecule has 0 amide bonds. The lowest BCUT2D eigenvalue weighted by Gasteiger charge is -2.17. The van der Waals surface area contributed by atoms with Gasteiger partial charge in [-0.1, -0.05) is 41.9 Å². The summed E-state index contributed by atoms with van der Waals surface area (Å²) in [5.41, 5.74) is 1.34. The van der Waals surface area contributed by atoms with E-state index in [9.17, 15) is 0 Å². The number of hydrogen-bond acceptors (Lipinski definition) is 3. The number of nitrogens with one attached hydrogen (secondary N) is 1. The summed E-state index contributed by atoms with van der Waals surface area (Å²) in [6.07, 6.45) is 2.78. The number of halogens is 2. The Kier molecular flexibility index (Phi) is 6.49. The van der Waals surface area contributed by atoms with Crippen LogP contribution in [0.3, 0.4) is 0 Å². The summed E-state index contributed by atoms with van der Waals surface area (Å²) in [5, 5.41) is 3.91. The first kappa shape index (κ1) is 16.3. The number of aromatic nitrogens is 1. The minimum absolute atomic E-state index is 0.641. The van der Waals surface area contributed by atoms with Crippen LogP contribution in [0.15, 0.2) is 47.1 Å². The molecule has 0 radical (unpaired) electrons. The van der Waals surface area contributed by atoms with Crippen LogP contribution < -0.4 is 5.32 Å². The lowest BCUT2D eigenvalue weighted by molar-refractivity contribution is 0.325. The van der Waals surface area contributed by atoms with Gasteiger partial charge in [0.15, 0.2) is 0 Å². The maximum atomic E-state index is 6.11. The van der Waals surface area contributed by atoms with Gasteiger partial charge in [-0.15, -0.1) is 0 Å². The number of pyridine rings is 1. The standard InChI is InChI=1S/C16H19BrClN3/c1-21(12-13-6-3-2-4-7-13)9-5-8-19-16-15(18)10-14(17)11-20-16/h2-4,6-7,10-11H,5,8-9,12H2,1H3,(H,19,20). The van der Waals surface area contributed by atoms with E-state index in [1.165, 1.54) is 5.56 Å². The molecule has 3 nitrogen and oxygen atoms in total. The van der Waals surface area contributed by atoms with Gasteiger partial charge in [0.25, 0.3) is 0 Å². The maximum Gasteiger partial charge on any atom is 0.144 e. The second-order valence-corrected chi connectivity index (χ2v) is 6.31. The van der Waals surface area contributed by atoms with E-state index >= 15 is 0 Å². The second-order valence-electron chi connectivity index (χ2n) is 4.99. The molecular weight excluding hydrogens is 350 g/mol. The van der Waals surface area contributed by atoms with E-state index in [1.807, 2.05) is 12.1 Å². The van der Waals surface area contributed by atoms with Gasteiger partial charge in [0, 0.05) is 23.8 Å². The van der Waals surface area contributed by atoms with Crippen molar-refractivity contribution in [3.63, 3.8) is 0 Å². The zero-order valence-electron chi connectivity index (χ0n) is 12.0. The van der Waals surface area contributed by atoms with Crippen molar-refractivity contribution < 1.29 is 0 Å². The lowest BCUT2D eigenvalue weighted by Crippen LogP contribution is -2.21. The van der Waals surface area contributed by atoms with E-state index in [4.69, 9.17) is 11.6 Å². The summed E-state index contributed by atoms with van der Waals surface area (Å²) >= 11 is 9.46. The van der Waals surface area contributed by atoms with Gasteiger partial charge >= 0.3 is 0 Å². The summed E-state index contributed by atoms with van der Waals surface area (Å²) < 4.78 is 0.889. The summed E-state index contributed by atoms with van der Waals surface area (Å²) in [4.78, 5) is 6.57. The monoisotopic (exact) mass is 367 g/mol. The highest BCUT2D eigenvalue weighted by molar-refractivity contribution is 9.10. The van der Waals surface area contributed by atoms with E-state index in [0.717, 1.165) is 36.3 Å².